The number of para-hydroxylation sites is 1. The lowest BCUT2D eigenvalue weighted by Gasteiger charge is -2.17. The summed E-state index contributed by atoms with van der Waals surface area (Å²) in [5.74, 6) is 0.0275. The normalized spacial score (nSPS) is 14.0. The molecule has 0 saturated heterocycles. The van der Waals surface area contributed by atoms with Crippen molar-refractivity contribution in [1.82, 2.24) is 5.16 Å². The molecule has 0 saturated carbocycles. The van der Waals surface area contributed by atoms with Crippen LogP contribution in [0.5, 0.6) is 0 Å². The third-order valence-corrected chi connectivity index (χ3v) is 5.42. The second kappa shape index (κ2) is 6.16. The number of hydrogen-bond donors (Lipinski definition) is 0. The smallest absolute Gasteiger partial charge is 0.228 e. The molecule has 0 bridgehead atoms. The Hall–Kier alpha value is -2.15. The van der Waals surface area contributed by atoms with E-state index in [1.54, 1.807) is 17.9 Å². The van der Waals surface area contributed by atoms with Crippen molar-refractivity contribution in [1.29, 1.82) is 0 Å². The van der Waals surface area contributed by atoms with Gasteiger partial charge >= 0.3 is 0 Å². The topological polar surface area (TPSA) is 80.5 Å². The van der Waals surface area contributed by atoms with Crippen LogP contribution in [0.25, 0.3) is 0 Å². The van der Waals surface area contributed by atoms with Gasteiger partial charge in [0.05, 0.1) is 17.2 Å². The minimum Gasteiger partial charge on any atom is -0.361 e. The highest BCUT2D eigenvalue weighted by Crippen LogP contribution is 2.28. The maximum Gasteiger partial charge on any atom is 0.228 e. The number of anilines is 1. The predicted molar refractivity (Wildman–Crippen MR) is 85.8 cm³/mol. The molecule has 2 aromatic rings. The Morgan fingerprint density at radius 2 is 2.13 bits per heavy atom. The van der Waals surface area contributed by atoms with Gasteiger partial charge in [0.15, 0.2) is 9.84 Å². The zero-order valence-corrected chi connectivity index (χ0v) is 13.7. The molecule has 0 N–H and O–H groups in total. The Labute approximate surface area is 135 Å². The number of hydrogen-bond acceptors (Lipinski definition) is 5. The van der Waals surface area contributed by atoms with E-state index < -0.39 is 9.84 Å². The molecular weight excluding hydrogens is 316 g/mol. The summed E-state index contributed by atoms with van der Waals surface area (Å²) in [5, 5.41) is 3.69. The Morgan fingerprint density at radius 3 is 2.87 bits per heavy atom. The van der Waals surface area contributed by atoms with Crippen LogP contribution < -0.4 is 4.90 Å². The van der Waals surface area contributed by atoms with Gasteiger partial charge in [-0.25, -0.2) is 8.42 Å². The van der Waals surface area contributed by atoms with Gasteiger partial charge in [0.2, 0.25) is 5.91 Å². The first-order valence-corrected chi connectivity index (χ1v) is 9.28. The number of carbonyl (C=O) groups excluding carboxylic acids is 1. The van der Waals surface area contributed by atoms with Gasteiger partial charge in [-0.3, -0.25) is 4.79 Å². The quantitative estimate of drug-likeness (QED) is 0.834. The monoisotopic (exact) mass is 334 g/mol. The molecule has 0 spiro atoms. The lowest BCUT2D eigenvalue weighted by atomic mass is 10.2. The molecule has 1 aliphatic heterocycles. The summed E-state index contributed by atoms with van der Waals surface area (Å²) in [4.78, 5) is 14.0. The number of rotatable bonds is 5. The van der Waals surface area contributed by atoms with E-state index in [9.17, 15) is 13.2 Å². The van der Waals surface area contributed by atoms with Crippen molar-refractivity contribution in [2.75, 3.05) is 17.2 Å². The van der Waals surface area contributed by atoms with Crippen molar-refractivity contribution in [3.05, 3.63) is 47.3 Å². The number of aryl methyl sites for hydroxylation is 1. The maximum atomic E-state index is 12.3. The Kier molecular flexibility index (Phi) is 4.21. The predicted octanol–water partition coefficient (Wildman–Crippen LogP) is 1.88. The van der Waals surface area contributed by atoms with Crippen LogP contribution in [0.4, 0.5) is 5.69 Å². The third-order valence-electron chi connectivity index (χ3n) is 3.86. The molecule has 23 heavy (non-hydrogen) atoms. The first-order chi connectivity index (χ1) is 10.9. The van der Waals surface area contributed by atoms with E-state index in [1.165, 1.54) is 0 Å². The van der Waals surface area contributed by atoms with E-state index in [0.29, 0.717) is 18.0 Å². The molecule has 0 radical (unpaired) electrons. The van der Waals surface area contributed by atoms with Gasteiger partial charge in [-0.05, 0) is 25.0 Å². The van der Waals surface area contributed by atoms with Crippen LogP contribution in [-0.4, -0.2) is 31.8 Å². The van der Waals surface area contributed by atoms with Crippen LogP contribution in [0.3, 0.4) is 0 Å². The average molecular weight is 334 g/mol. The van der Waals surface area contributed by atoms with Crippen LogP contribution in [0.1, 0.15) is 23.4 Å². The van der Waals surface area contributed by atoms with Gasteiger partial charge in [0.1, 0.15) is 5.76 Å². The van der Waals surface area contributed by atoms with E-state index in [2.05, 4.69) is 5.16 Å². The molecule has 0 atom stereocenters. The van der Waals surface area contributed by atoms with Crippen LogP contribution >= 0.6 is 0 Å². The highest BCUT2D eigenvalue weighted by Gasteiger charge is 2.25. The van der Waals surface area contributed by atoms with Crippen LogP contribution in [0.15, 0.2) is 34.9 Å². The summed E-state index contributed by atoms with van der Waals surface area (Å²) in [7, 11) is -3.39. The summed E-state index contributed by atoms with van der Waals surface area (Å²) in [6, 6.07) is 9.31. The summed E-state index contributed by atoms with van der Waals surface area (Å²) in [6.07, 6.45) is 0.792. The number of carbonyl (C=O) groups is 1. The van der Waals surface area contributed by atoms with Crippen LogP contribution in [-0.2, 0) is 26.8 Å². The molecule has 122 valence electrons. The third kappa shape index (κ3) is 3.61. The van der Waals surface area contributed by atoms with Gasteiger partial charge in [-0.2, -0.15) is 0 Å². The number of fused-ring (bicyclic) bond motifs is 1. The maximum absolute atomic E-state index is 12.3. The van der Waals surface area contributed by atoms with E-state index in [-0.39, 0.29) is 23.8 Å². The fourth-order valence-electron chi connectivity index (χ4n) is 2.76. The average Bonchev–Trinajstić information content (AvgIpc) is 3.11. The number of sulfone groups is 1. The van der Waals surface area contributed by atoms with Crippen molar-refractivity contribution in [3.8, 4) is 0 Å². The summed E-state index contributed by atoms with van der Waals surface area (Å²) in [5.41, 5.74) is 2.39. The molecule has 1 aromatic carbocycles. The zero-order chi connectivity index (χ0) is 16.4. The number of amides is 1. The van der Waals surface area contributed by atoms with E-state index >= 15 is 0 Å². The van der Waals surface area contributed by atoms with Crippen LogP contribution in [0.2, 0.25) is 0 Å². The first kappa shape index (κ1) is 15.7. The lowest BCUT2D eigenvalue weighted by molar-refractivity contribution is -0.118. The van der Waals surface area contributed by atoms with E-state index in [4.69, 9.17) is 4.52 Å². The minimum atomic E-state index is -3.39. The van der Waals surface area contributed by atoms with E-state index in [1.807, 2.05) is 24.3 Å². The molecule has 7 heteroatoms. The van der Waals surface area contributed by atoms with Crippen molar-refractivity contribution in [3.63, 3.8) is 0 Å². The SMILES string of the molecule is Cc1cc(CS(=O)(=O)CCC(=O)N2CCc3ccccc32)no1. The van der Waals surface area contributed by atoms with Crippen molar-refractivity contribution >= 4 is 21.4 Å². The number of nitrogens with zero attached hydrogens (tertiary/aromatic N) is 2. The Balaban J connectivity index is 1.61. The summed E-state index contributed by atoms with van der Waals surface area (Å²) < 4.78 is 29.1. The highest BCUT2D eigenvalue weighted by molar-refractivity contribution is 7.90. The van der Waals surface area contributed by atoms with Gasteiger partial charge in [0.25, 0.3) is 0 Å². The largest absolute Gasteiger partial charge is 0.361 e. The number of benzene rings is 1. The minimum absolute atomic E-state index is 0.0203. The molecule has 6 nitrogen and oxygen atoms in total. The summed E-state index contributed by atoms with van der Waals surface area (Å²) in [6.45, 7) is 2.32. The van der Waals surface area contributed by atoms with Gasteiger partial charge < -0.3 is 9.42 Å². The van der Waals surface area contributed by atoms with Crippen molar-refractivity contribution in [2.24, 2.45) is 0 Å². The first-order valence-electron chi connectivity index (χ1n) is 7.45. The standard InChI is InChI=1S/C16H18N2O4S/c1-12-10-14(17-22-12)11-23(20,21)9-7-16(19)18-8-6-13-4-2-3-5-15(13)18/h2-5,10H,6-9,11H2,1H3. The molecular formula is C16H18N2O4S. The zero-order valence-electron chi connectivity index (χ0n) is 12.9. The second-order valence-corrected chi connectivity index (χ2v) is 7.88. The van der Waals surface area contributed by atoms with Gasteiger partial charge in [0, 0.05) is 24.7 Å². The van der Waals surface area contributed by atoms with Gasteiger partial charge in [-0.15, -0.1) is 0 Å². The number of aromatic nitrogens is 1. The fraction of sp³-hybridized carbons (Fsp3) is 0.375. The Bertz CT molecular complexity index is 826. The van der Waals surface area contributed by atoms with Crippen molar-refractivity contribution in [2.45, 2.75) is 25.5 Å². The Morgan fingerprint density at radius 1 is 1.35 bits per heavy atom. The summed E-state index contributed by atoms with van der Waals surface area (Å²) >= 11 is 0. The molecule has 3 rings (SSSR count). The molecule has 1 amide bonds. The molecule has 1 aromatic heterocycles. The molecule has 0 unspecified atom stereocenters. The van der Waals surface area contributed by atoms with Crippen LogP contribution in [0, 0.1) is 6.92 Å². The molecule has 0 fully saturated rings. The van der Waals surface area contributed by atoms with Gasteiger partial charge in [-0.1, -0.05) is 23.4 Å². The molecule has 0 aliphatic carbocycles. The lowest BCUT2D eigenvalue weighted by Crippen LogP contribution is -2.30. The highest BCUT2D eigenvalue weighted by atomic mass is 32.2. The second-order valence-electron chi connectivity index (χ2n) is 5.70. The van der Waals surface area contributed by atoms with E-state index in [0.717, 1.165) is 17.7 Å². The fourth-order valence-corrected chi connectivity index (χ4v) is 3.98. The van der Waals surface area contributed by atoms with Crippen molar-refractivity contribution < 1.29 is 17.7 Å². The molecule has 1 aliphatic rings. The molecule has 2 heterocycles.